The minimum atomic E-state index is 0.136. The molecule has 2 saturated heterocycles. The van der Waals surface area contributed by atoms with Gasteiger partial charge in [-0.3, -0.25) is 0 Å². The van der Waals surface area contributed by atoms with Gasteiger partial charge >= 0.3 is 6.03 Å². The molecule has 0 saturated carbocycles. The lowest BCUT2D eigenvalue weighted by molar-refractivity contribution is 0.0411. The minimum absolute atomic E-state index is 0.136. The van der Waals surface area contributed by atoms with Gasteiger partial charge in [-0.15, -0.1) is 0 Å². The maximum Gasteiger partial charge on any atom is 0.320 e. The number of anilines is 1. The van der Waals surface area contributed by atoms with Gasteiger partial charge in [0, 0.05) is 39.3 Å². The summed E-state index contributed by atoms with van der Waals surface area (Å²) in [5, 5.41) is 0.535. The van der Waals surface area contributed by atoms with E-state index in [0.29, 0.717) is 43.3 Å². The van der Waals surface area contributed by atoms with Gasteiger partial charge in [-0.2, -0.15) is 0 Å². The molecule has 1 aromatic heterocycles. The quantitative estimate of drug-likeness (QED) is 0.816. The number of rotatable bonds is 2. The van der Waals surface area contributed by atoms with Crippen LogP contribution in [0.25, 0.3) is 0 Å². The van der Waals surface area contributed by atoms with Gasteiger partial charge in [0.25, 0.3) is 0 Å². The molecule has 0 aliphatic carbocycles. The summed E-state index contributed by atoms with van der Waals surface area (Å²) < 4.78 is 5.30. The molecule has 23 heavy (non-hydrogen) atoms. The molecule has 7 nitrogen and oxygen atoms in total. The van der Waals surface area contributed by atoms with E-state index in [1.807, 2.05) is 16.8 Å². The lowest BCUT2D eigenvalue weighted by atomic mass is 10.0. The highest BCUT2D eigenvalue weighted by molar-refractivity contribution is 6.30. The Morgan fingerprint density at radius 1 is 1.17 bits per heavy atom. The number of urea groups is 1. The Morgan fingerprint density at radius 2 is 1.74 bits per heavy atom. The molecule has 2 fully saturated rings. The summed E-state index contributed by atoms with van der Waals surface area (Å²) in [6, 6.07) is 0.474. The van der Waals surface area contributed by atoms with Gasteiger partial charge in [0.1, 0.15) is 0 Å². The Kier molecular flexibility index (Phi) is 5.17. The van der Waals surface area contributed by atoms with Crippen LogP contribution in [0, 0.1) is 0 Å². The van der Waals surface area contributed by atoms with Crippen molar-refractivity contribution in [3.05, 3.63) is 17.4 Å². The zero-order valence-electron chi connectivity index (χ0n) is 13.3. The van der Waals surface area contributed by atoms with Crippen LogP contribution in [0.15, 0.2) is 12.4 Å². The zero-order valence-corrected chi connectivity index (χ0v) is 14.1. The molecule has 0 radical (unpaired) electrons. The number of likely N-dealkylation sites (tertiary alicyclic amines) is 1. The number of carbonyl (C=O) groups excluding carboxylic acids is 1. The zero-order chi connectivity index (χ0) is 16.2. The van der Waals surface area contributed by atoms with Crippen LogP contribution in [0.2, 0.25) is 5.02 Å². The summed E-state index contributed by atoms with van der Waals surface area (Å²) in [4.78, 5) is 26.9. The summed E-state index contributed by atoms with van der Waals surface area (Å²) in [5.41, 5.74) is 0. The first kappa shape index (κ1) is 16.3. The van der Waals surface area contributed by atoms with Crippen molar-refractivity contribution < 1.29 is 9.53 Å². The number of nitrogens with zero attached hydrogens (tertiary/aromatic N) is 5. The molecule has 2 amide bonds. The van der Waals surface area contributed by atoms with Gasteiger partial charge in [0.05, 0.1) is 30.6 Å². The first-order valence-corrected chi connectivity index (χ1v) is 8.35. The molecule has 0 aromatic carbocycles. The maximum absolute atomic E-state index is 12.5. The SMILES string of the molecule is CN(c1ncc(Cl)cn1)C1CCN(C(=O)N2CCOCC2)CC1. The normalized spacial score (nSPS) is 19.7. The van der Waals surface area contributed by atoms with E-state index in [1.54, 1.807) is 12.4 Å². The second-order valence-corrected chi connectivity index (χ2v) is 6.35. The van der Waals surface area contributed by atoms with Gasteiger partial charge in [-0.05, 0) is 12.8 Å². The fourth-order valence-electron chi connectivity index (χ4n) is 3.05. The number of morpholine rings is 1. The number of halogens is 1. The van der Waals surface area contributed by atoms with Gasteiger partial charge in [-0.25, -0.2) is 14.8 Å². The summed E-state index contributed by atoms with van der Waals surface area (Å²) in [5.74, 6) is 0.673. The van der Waals surface area contributed by atoms with Crippen LogP contribution >= 0.6 is 11.6 Å². The number of carbonyl (C=O) groups is 1. The third-order valence-corrected chi connectivity index (χ3v) is 4.68. The fourth-order valence-corrected chi connectivity index (χ4v) is 3.15. The minimum Gasteiger partial charge on any atom is -0.378 e. The van der Waals surface area contributed by atoms with Crippen LogP contribution in [0.1, 0.15) is 12.8 Å². The molecule has 0 unspecified atom stereocenters. The number of hydrogen-bond donors (Lipinski definition) is 0. The molecule has 0 bridgehead atoms. The van der Waals surface area contributed by atoms with E-state index >= 15 is 0 Å². The topological polar surface area (TPSA) is 61.8 Å². The van der Waals surface area contributed by atoms with Crippen LogP contribution in [0.4, 0.5) is 10.7 Å². The second-order valence-electron chi connectivity index (χ2n) is 5.91. The Labute approximate surface area is 141 Å². The van der Waals surface area contributed by atoms with E-state index in [2.05, 4.69) is 14.9 Å². The second kappa shape index (κ2) is 7.31. The summed E-state index contributed by atoms with van der Waals surface area (Å²) >= 11 is 5.83. The Hall–Kier alpha value is -1.60. The molecule has 3 rings (SSSR count). The van der Waals surface area contributed by atoms with Crippen LogP contribution in [-0.2, 0) is 4.74 Å². The van der Waals surface area contributed by atoms with Crippen LogP contribution in [0.3, 0.4) is 0 Å². The van der Waals surface area contributed by atoms with Crippen LogP contribution in [0.5, 0.6) is 0 Å². The number of piperidine rings is 1. The number of aromatic nitrogens is 2. The van der Waals surface area contributed by atoms with Crippen molar-refractivity contribution in [2.75, 3.05) is 51.3 Å². The number of amides is 2. The van der Waals surface area contributed by atoms with Crippen molar-refractivity contribution in [3.8, 4) is 0 Å². The molecule has 1 aromatic rings. The van der Waals surface area contributed by atoms with E-state index in [9.17, 15) is 4.79 Å². The average Bonchev–Trinajstić information content (AvgIpc) is 2.62. The van der Waals surface area contributed by atoms with Gasteiger partial charge in [-0.1, -0.05) is 11.6 Å². The molecule has 8 heteroatoms. The highest BCUT2D eigenvalue weighted by Gasteiger charge is 2.29. The largest absolute Gasteiger partial charge is 0.378 e. The standard InChI is InChI=1S/C15H22ClN5O2/c1-19(14-17-10-12(16)11-18-14)13-2-4-20(5-3-13)15(22)21-6-8-23-9-7-21/h10-11,13H,2-9H2,1H3. The smallest absolute Gasteiger partial charge is 0.320 e. The number of ether oxygens (including phenoxy) is 1. The summed E-state index contributed by atoms with van der Waals surface area (Å²) in [6.07, 6.45) is 5.05. The van der Waals surface area contributed by atoms with Crippen molar-refractivity contribution >= 4 is 23.6 Å². The molecule has 2 aliphatic rings. The van der Waals surface area contributed by atoms with Gasteiger partial charge < -0.3 is 19.4 Å². The maximum atomic E-state index is 12.5. The first-order chi connectivity index (χ1) is 11.1. The Bertz CT molecular complexity index is 527. The van der Waals surface area contributed by atoms with E-state index in [1.165, 1.54) is 0 Å². The van der Waals surface area contributed by atoms with Crippen molar-refractivity contribution in [2.45, 2.75) is 18.9 Å². The molecule has 0 N–H and O–H groups in total. The molecular formula is C15H22ClN5O2. The van der Waals surface area contributed by atoms with E-state index in [4.69, 9.17) is 16.3 Å². The average molecular weight is 340 g/mol. The Balaban J connectivity index is 1.53. The van der Waals surface area contributed by atoms with Crippen molar-refractivity contribution in [1.82, 2.24) is 19.8 Å². The lowest BCUT2D eigenvalue weighted by Crippen LogP contribution is -2.52. The predicted molar refractivity (Wildman–Crippen MR) is 87.8 cm³/mol. The first-order valence-electron chi connectivity index (χ1n) is 7.97. The van der Waals surface area contributed by atoms with Crippen LogP contribution < -0.4 is 4.90 Å². The molecule has 2 aliphatic heterocycles. The molecule has 0 spiro atoms. The third-order valence-electron chi connectivity index (χ3n) is 4.49. The van der Waals surface area contributed by atoms with Gasteiger partial charge in [0.15, 0.2) is 0 Å². The van der Waals surface area contributed by atoms with Gasteiger partial charge in [0.2, 0.25) is 5.95 Å². The Morgan fingerprint density at radius 3 is 2.35 bits per heavy atom. The fraction of sp³-hybridized carbons (Fsp3) is 0.667. The molecular weight excluding hydrogens is 318 g/mol. The monoisotopic (exact) mass is 339 g/mol. The summed E-state index contributed by atoms with van der Waals surface area (Å²) in [7, 11) is 1.99. The van der Waals surface area contributed by atoms with Crippen LogP contribution in [-0.4, -0.2) is 78.3 Å². The van der Waals surface area contributed by atoms with E-state index in [-0.39, 0.29) is 6.03 Å². The van der Waals surface area contributed by atoms with E-state index < -0.39 is 0 Å². The van der Waals surface area contributed by atoms with Crippen molar-refractivity contribution in [2.24, 2.45) is 0 Å². The highest BCUT2D eigenvalue weighted by Crippen LogP contribution is 2.20. The predicted octanol–water partition coefficient (Wildman–Crippen LogP) is 1.48. The number of hydrogen-bond acceptors (Lipinski definition) is 5. The third kappa shape index (κ3) is 3.84. The molecule has 126 valence electrons. The highest BCUT2D eigenvalue weighted by atomic mass is 35.5. The van der Waals surface area contributed by atoms with Crippen molar-refractivity contribution in [1.29, 1.82) is 0 Å². The molecule has 0 atom stereocenters. The summed E-state index contributed by atoms with van der Waals surface area (Å²) in [6.45, 7) is 4.18. The lowest BCUT2D eigenvalue weighted by Gasteiger charge is -2.39. The van der Waals surface area contributed by atoms with Crippen molar-refractivity contribution in [3.63, 3.8) is 0 Å². The van der Waals surface area contributed by atoms with E-state index in [0.717, 1.165) is 25.9 Å². The molecule has 3 heterocycles.